The highest BCUT2D eigenvalue weighted by Crippen LogP contribution is 2.77. The highest BCUT2D eigenvalue weighted by molar-refractivity contribution is 7.29. The Labute approximate surface area is 221 Å². The van der Waals surface area contributed by atoms with Crippen molar-refractivity contribution in [1.82, 2.24) is 0 Å². The first-order valence-corrected chi connectivity index (χ1v) is 29.6. The van der Waals surface area contributed by atoms with Crippen molar-refractivity contribution in [2.75, 3.05) is 0 Å². The van der Waals surface area contributed by atoms with Crippen LogP contribution in [0.4, 0.5) is 0 Å². The maximum atomic E-state index is 8.18. The lowest BCUT2D eigenvalue weighted by Gasteiger charge is -2.65. The zero-order valence-corrected chi connectivity index (χ0v) is 29.6. The van der Waals surface area contributed by atoms with E-state index in [1.165, 1.54) is 24.0 Å². The van der Waals surface area contributed by atoms with E-state index in [9.17, 15) is 0 Å². The van der Waals surface area contributed by atoms with Gasteiger partial charge in [0.1, 0.15) is 0 Å². The van der Waals surface area contributed by atoms with Gasteiger partial charge in [-0.05, 0) is 24.9 Å². The van der Waals surface area contributed by atoms with Crippen molar-refractivity contribution in [3.05, 3.63) is 65.7 Å². The van der Waals surface area contributed by atoms with Crippen molar-refractivity contribution in [2.24, 2.45) is 0 Å². The summed E-state index contributed by atoms with van der Waals surface area (Å²) in [6.07, 6.45) is 2.92. The van der Waals surface area contributed by atoms with Crippen molar-refractivity contribution in [3.8, 4) is 0 Å². The van der Waals surface area contributed by atoms with Gasteiger partial charge in [-0.15, -0.1) is 0 Å². The Balaban J connectivity index is 2.23. The quantitative estimate of drug-likeness (QED) is 0.336. The van der Waals surface area contributed by atoms with Gasteiger partial charge in [-0.3, -0.25) is 0 Å². The summed E-state index contributed by atoms with van der Waals surface area (Å²) < 4.78 is 9.00. The molecule has 35 heavy (non-hydrogen) atoms. The molecule has 2 aliphatic rings. The van der Waals surface area contributed by atoms with Gasteiger partial charge in [-0.1, -0.05) is 146 Å². The lowest BCUT2D eigenvalue weighted by Crippen LogP contribution is -2.80. The Kier molecular flexibility index (Phi) is 6.48. The molecule has 0 N–H and O–H groups in total. The van der Waals surface area contributed by atoms with Crippen LogP contribution in [0.2, 0.25) is 87.1 Å². The molecule has 1 unspecified atom stereocenters. The molecule has 2 aromatic carbocycles. The first-order chi connectivity index (χ1) is 15.9. The van der Waals surface area contributed by atoms with E-state index in [0.29, 0.717) is 8.57 Å². The summed E-state index contributed by atoms with van der Waals surface area (Å²) in [6, 6.07) is 20.8. The van der Waals surface area contributed by atoms with E-state index in [1.54, 1.807) is 5.19 Å². The number of hydrogen-bond acceptors (Lipinski definition) is 1. The zero-order valence-electron chi connectivity index (χ0n) is 24.6. The fraction of sp³-hybridized carbons (Fsp3) is 0.586. The first kappa shape index (κ1) is 27.5. The van der Waals surface area contributed by atoms with Crippen molar-refractivity contribution in [2.45, 2.75) is 106 Å². The molecule has 0 aromatic heterocycles. The molecule has 6 heteroatoms. The van der Waals surface area contributed by atoms with E-state index in [1.807, 2.05) is 0 Å². The Hall–Kier alpha value is -0.516. The highest BCUT2D eigenvalue weighted by atomic mass is 28.5. The van der Waals surface area contributed by atoms with E-state index in [2.05, 4.69) is 133 Å². The van der Waals surface area contributed by atoms with Crippen LogP contribution in [0.3, 0.4) is 0 Å². The van der Waals surface area contributed by atoms with Gasteiger partial charge < -0.3 is 4.43 Å². The van der Waals surface area contributed by atoms with Gasteiger partial charge in [0.15, 0.2) is 0 Å². The van der Waals surface area contributed by atoms with Gasteiger partial charge in [-0.2, -0.15) is 0 Å². The van der Waals surface area contributed by atoms with Crippen molar-refractivity contribution >= 4 is 45.8 Å². The van der Waals surface area contributed by atoms with Crippen molar-refractivity contribution < 1.29 is 4.43 Å². The third-order valence-corrected chi connectivity index (χ3v) is 48.4. The number of rotatable bonds is 5. The van der Waals surface area contributed by atoms with E-state index in [4.69, 9.17) is 4.43 Å². The molecular formula is C29H50OSi5. The second-order valence-corrected chi connectivity index (χ2v) is 43.7. The molecule has 1 saturated heterocycles. The molecular weight excluding hydrogens is 505 g/mol. The number of benzene rings is 2. The van der Waals surface area contributed by atoms with Crippen LogP contribution in [0.1, 0.15) is 30.1 Å². The molecule has 0 saturated carbocycles. The van der Waals surface area contributed by atoms with Gasteiger partial charge in [0.2, 0.25) is 8.32 Å². The summed E-state index contributed by atoms with van der Waals surface area (Å²) >= 11 is 0. The second kappa shape index (κ2) is 8.24. The highest BCUT2D eigenvalue weighted by Gasteiger charge is 2.84. The summed E-state index contributed by atoms with van der Waals surface area (Å²) in [6.45, 7) is 32.6. The zero-order chi connectivity index (χ0) is 26.3. The molecule has 1 atom stereocenters. The second-order valence-electron chi connectivity index (χ2n) is 15.5. The lowest BCUT2D eigenvalue weighted by atomic mass is 10.0. The molecule has 4 rings (SSSR count). The van der Waals surface area contributed by atoms with Gasteiger partial charge in [-0.25, -0.2) is 0 Å². The normalized spacial score (nSPS) is 23.5. The third kappa shape index (κ3) is 3.42. The van der Waals surface area contributed by atoms with Crippen LogP contribution in [-0.2, 0) is 4.43 Å². The van der Waals surface area contributed by atoms with Crippen LogP contribution in [0, 0.1) is 0 Å². The van der Waals surface area contributed by atoms with Crippen LogP contribution in [0.5, 0.6) is 0 Å². The molecule has 0 amide bonds. The minimum atomic E-state index is -2.49. The molecule has 1 nitrogen and oxygen atoms in total. The summed E-state index contributed by atoms with van der Waals surface area (Å²) in [5.41, 5.74) is 2.87. The Morgan fingerprint density at radius 3 is 1.43 bits per heavy atom. The topological polar surface area (TPSA) is 9.23 Å². The third-order valence-electron chi connectivity index (χ3n) is 10.2. The standard InChI is InChI=1S/C29H50OSi5/c1-31(2,3)28(32(4,5)6)22-23-29(33(7,8)9,34(10,11)12)35(28)26-21-17-16-20-25(26)27(30-35)24-18-14-13-15-19-24/h13-21,27H,22-23H2,1-12H3. The van der Waals surface area contributed by atoms with Crippen LogP contribution in [0.15, 0.2) is 54.6 Å². The number of hydrogen-bond donors (Lipinski definition) is 0. The fourth-order valence-electron chi connectivity index (χ4n) is 9.84. The molecule has 1 fully saturated rings. The van der Waals surface area contributed by atoms with Crippen LogP contribution in [0.25, 0.3) is 0 Å². The summed E-state index contributed by atoms with van der Waals surface area (Å²) in [5.74, 6) is 0. The smallest absolute Gasteiger partial charge is 0.227 e. The maximum absolute atomic E-state index is 8.18. The van der Waals surface area contributed by atoms with Crippen LogP contribution >= 0.6 is 0 Å². The minimum absolute atomic E-state index is 0.0938. The Morgan fingerprint density at radius 2 is 1.00 bits per heavy atom. The van der Waals surface area contributed by atoms with Crippen LogP contribution in [-0.4, -0.2) is 40.6 Å². The average molecular weight is 555 g/mol. The Morgan fingerprint density at radius 1 is 0.600 bits per heavy atom. The largest absolute Gasteiger partial charge is 0.401 e. The van der Waals surface area contributed by atoms with E-state index >= 15 is 0 Å². The van der Waals surface area contributed by atoms with E-state index < -0.39 is 40.6 Å². The predicted molar refractivity (Wildman–Crippen MR) is 169 cm³/mol. The minimum Gasteiger partial charge on any atom is -0.401 e. The van der Waals surface area contributed by atoms with Gasteiger partial charge in [0.05, 0.1) is 6.10 Å². The fourth-order valence-corrected chi connectivity index (χ4v) is 59.3. The van der Waals surface area contributed by atoms with Crippen molar-refractivity contribution in [1.29, 1.82) is 0 Å². The van der Waals surface area contributed by atoms with Crippen LogP contribution < -0.4 is 5.19 Å². The van der Waals surface area contributed by atoms with E-state index in [-0.39, 0.29) is 6.10 Å². The number of fused-ring (bicyclic) bond motifs is 2. The molecule has 0 bridgehead atoms. The molecule has 2 aromatic rings. The lowest BCUT2D eigenvalue weighted by molar-refractivity contribution is 0.246. The van der Waals surface area contributed by atoms with Gasteiger partial charge in [0.25, 0.3) is 0 Å². The molecule has 2 heterocycles. The summed E-state index contributed by atoms with van der Waals surface area (Å²) in [7, 11) is -9.09. The first-order valence-electron chi connectivity index (χ1n) is 13.7. The molecule has 2 aliphatic heterocycles. The van der Waals surface area contributed by atoms with Crippen molar-refractivity contribution in [3.63, 3.8) is 0 Å². The molecule has 192 valence electrons. The maximum Gasteiger partial charge on any atom is 0.227 e. The average Bonchev–Trinajstić information content (AvgIpc) is 3.23. The molecule has 1 spiro atoms. The van der Waals surface area contributed by atoms with Gasteiger partial charge in [0, 0.05) is 32.3 Å². The monoisotopic (exact) mass is 554 g/mol. The predicted octanol–water partition coefficient (Wildman–Crippen LogP) is 8.74. The molecule has 0 aliphatic carbocycles. The van der Waals surface area contributed by atoms with Gasteiger partial charge >= 0.3 is 0 Å². The summed E-state index contributed by atoms with van der Waals surface area (Å²) in [4.78, 5) is 0. The molecule has 0 radical (unpaired) electrons. The summed E-state index contributed by atoms with van der Waals surface area (Å²) in [5, 5.41) is 1.71. The van der Waals surface area contributed by atoms with E-state index in [0.717, 1.165) is 0 Å². The Bertz CT molecular complexity index is 1020. The SMILES string of the molecule is C[Si](C)(C)C1([Si](C)(C)C)CCC([Si](C)(C)C)([Si](C)(C)C)[Si]12OC(c1ccccc1)c1ccccc12.